The molecule has 9 heteroatoms. The van der Waals surface area contributed by atoms with Gasteiger partial charge in [-0.15, -0.1) is 0 Å². The van der Waals surface area contributed by atoms with Gasteiger partial charge in [-0.05, 0) is 82.5 Å². The number of aryl methyl sites for hydroxylation is 2. The summed E-state index contributed by atoms with van der Waals surface area (Å²) in [6, 6.07) is 11.9. The van der Waals surface area contributed by atoms with Crippen molar-refractivity contribution in [3.05, 3.63) is 63.6 Å². The van der Waals surface area contributed by atoms with Crippen molar-refractivity contribution in [3.8, 4) is 0 Å². The molecule has 0 spiro atoms. The molecule has 7 nitrogen and oxygen atoms in total. The number of nitrogens with zero attached hydrogens (tertiary/aromatic N) is 2. The molecule has 0 radical (unpaired) electrons. The number of halogens is 1. The molecule has 0 saturated carbocycles. The van der Waals surface area contributed by atoms with E-state index in [1.165, 1.54) is 4.90 Å². The molecule has 0 aromatic heterocycles. The Labute approximate surface area is 211 Å². The average Bonchev–Trinajstić information content (AvgIpc) is 2.69. The average molecular weight is 553 g/mol. The van der Waals surface area contributed by atoms with E-state index in [1.807, 2.05) is 65.0 Å². The molecule has 0 bridgehead atoms. The fourth-order valence-electron chi connectivity index (χ4n) is 3.38. The largest absolute Gasteiger partial charge is 0.350 e. The molecule has 2 rings (SSSR count). The molecule has 34 heavy (non-hydrogen) atoms. The second-order valence-corrected chi connectivity index (χ2v) is 12.4. The molecule has 0 aliphatic rings. The zero-order valence-electron chi connectivity index (χ0n) is 20.8. The number of benzene rings is 2. The van der Waals surface area contributed by atoms with E-state index in [0.29, 0.717) is 5.69 Å². The lowest BCUT2D eigenvalue weighted by atomic mass is 10.1. The number of anilines is 1. The van der Waals surface area contributed by atoms with Crippen LogP contribution in [0.15, 0.2) is 46.9 Å². The normalized spacial score (nSPS) is 12.7. The van der Waals surface area contributed by atoms with Gasteiger partial charge in [0.1, 0.15) is 12.6 Å². The molecule has 1 N–H and O–H groups in total. The van der Waals surface area contributed by atoms with Gasteiger partial charge < -0.3 is 10.2 Å². The van der Waals surface area contributed by atoms with Crippen LogP contribution in [-0.2, 0) is 26.2 Å². The first-order valence-corrected chi connectivity index (χ1v) is 13.6. The van der Waals surface area contributed by atoms with E-state index in [-0.39, 0.29) is 12.5 Å². The minimum absolute atomic E-state index is 0.154. The summed E-state index contributed by atoms with van der Waals surface area (Å²) in [7, 11) is -3.75. The Hall–Kier alpha value is -2.39. The van der Waals surface area contributed by atoms with Crippen LogP contribution in [0.2, 0.25) is 0 Å². The summed E-state index contributed by atoms with van der Waals surface area (Å²) >= 11 is 3.43. The SMILES string of the molecule is Cc1ccc(N(CC(=O)N(Cc2cccc(Br)c2)C(C)C(=O)NC(C)(C)C)S(C)(=O)=O)cc1C. The van der Waals surface area contributed by atoms with Crippen LogP contribution in [0.4, 0.5) is 5.69 Å². The third-order valence-corrected chi connectivity index (χ3v) is 7.00. The molecule has 0 aliphatic carbocycles. The molecule has 2 aromatic rings. The number of carbonyl (C=O) groups excluding carboxylic acids is 2. The minimum atomic E-state index is -3.75. The van der Waals surface area contributed by atoms with Crippen LogP contribution in [0.5, 0.6) is 0 Å². The summed E-state index contributed by atoms with van der Waals surface area (Å²) in [5, 5.41) is 2.91. The Bertz CT molecular complexity index is 1160. The highest BCUT2D eigenvalue weighted by Crippen LogP contribution is 2.22. The predicted octanol–water partition coefficient (Wildman–Crippen LogP) is 4.16. The number of hydrogen-bond donors (Lipinski definition) is 1. The van der Waals surface area contributed by atoms with E-state index in [0.717, 1.165) is 31.7 Å². The van der Waals surface area contributed by atoms with Gasteiger partial charge in [-0.25, -0.2) is 8.42 Å². The van der Waals surface area contributed by atoms with Gasteiger partial charge in [0.05, 0.1) is 11.9 Å². The van der Waals surface area contributed by atoms with Crippen LogP contribution in [0.3, 0.4) is 0 Å². The zero-order chi connectivity index (χ0) is 25.8. The summed E-state index contributed by atoms with van der Waals surface area (Å²) < 4.78 is 27.2. The highest BCUT2D eigenvalue weighted by Gasteiger charge is 2.31. The molecule has 0 saturated heterocycles. The maximum absolute atomic E-state index is 13.6. The smallest absolute Gasteiger partial charge is 0.244 e. The van der Waals surface area contributed by atoms with Crippen LogP contribution in [-0.4, -0.2) is 49.5 Å². The third-order valence-electron chi connectivity index (χ3n) is 5.37. The molecular weight excluding hydrogens is 518 g/mol. The van der Waals surface area contributed by atoms with Gasteiger partial charge in [-0.3, -0.25) is 13.9 Å². The molecule has 186 valence electrons. The maximum Gasteiger partial charge on any atom is 0.244 e. The van der Waals surface area contributed by atoms with Crippen molar-refractivity contribution in [3.63, 3.8) is 0 Å². The van der Waals surface area contributed by atoms with Gasteiger partial charge in [-0.1, -0.05) is 34.1 Å². The Morgan fingerprint density at radius 2 is 1.71 bits per heavy atom. The molecule has 1 atom stereocenters. The van der Waals surface area contributed by atoms with E-state index >= 15 is 0 Å². The van der Waals surface area contributed by atoms with Crippen LogP contribution < -0.4 is 9.62 Å². The number of amides is 2. The molecule has 2 amide bonds. The molecule has 1 unspecified atom stereocenters. The first-order chi connectivity index (χ1) is 15.6. The number of nitrogens with one attached hydrogen (secondary N) is 1. The molecular formula is C25H34BrN3O4S. The van der Waals surface area contributed by atoms with Gasteiger partial charge in [-0.2, -0.15) is 0 Å². The lowest BCUT2D eigenvalue weighted by Crippen LogP contribution is -2.54. The van der Waals surface area contributed by atoms with Crippen LogP contribution in [0.1, 0.15) is 44.4 Å². The zero-order valence-corrected chi connectivity index (χ0v) is 23.2. The fourth-order valence-corrected chi connectivity index (χ4v) is 4.67. The van der Waals surface area contributed by atoms with Crippen molar-refractivity contribution in [2.24, 2.45) is 0 Å². The Balaban J connectivity index is 2.43. The van der Waals surface area contributed by atoms with Crippen LogP contribution in [0.25, 0.3) is 0 Å². The third kappa shape index (κ3) is 7.84. The minimum Gasteiger partial charge on any atom is -0.350 e. The van der Waals surface area contributed by atoms with E-state index in [4.69, 9.17) is 0 Å². The van der Waals surface area contributed by atoms with Crippen molar-refractivity contribution in [2.45, 2.75) is 59.7 Å². The van der Waals surface area contributed by atoms with Gasteiger partial charge in [0.15, 0.2) is 0 Å². The highest BCUT2D eigenvalue weighted by atomic mass is 79.9. The molecule has 2 aromatic carbocycles. The Kier molecular flexibility index (Phi) is 8.93. The van der Waals surface area contributed by atoms with Crippen LogP contribution >= 0.6 is 15.9 Å². The lowest BCUT2D eigenvalue weighted by molar-refractivity contribution is -0.140. The number of carbonyl (C=O) groups is 2. The highest BCUT2D eigenvalue weighted by molar-refractivity contribution is 9.10. The van der Waals surface area contributed by atoms with E-state index in [2.05, 4.69) is 21.2 Å². The van der Waals surface area contributed by atoms with E-state index in [9.17, 15) is 18.0 Å². The van der Waals surface area contributed by atoms with Gasteiger partial charge >= 0.3 is 0 Å². The predicted molar refractivity (Wildman–Crippen MR) is 140 cm³/mol. The van der Waals surface area contributed by atoms with E-state index < -0.39 is 34.1 Å². The topological polar surface area (TPSA) is 86.8 Å². The fraction of sp³-hybridized carbons (Fsp3) is 0.440. The Morgan fingerprint density at radius 1 is 1.06 bits per heavy atom. The summed E-state index contributed by atoms with van der Waals surface area (Å²) in [6.45, 7) is 10.8. The van der Waals surface area contributed by atoms with Gasteiger partial charge in [0.2, 0.25) is 21.8 Å². The summed E-state index contributed by atoms with van der Waals surface area (Å²) in [4.78, 5) is 27.9. The maximum atomic E-state index is 13.6. The number of hydrogen-bond acceptors (Lipinski definition) is 4. The number of rotatable bonds is 8. The molecule has 0 fully saturated rings. The quantitative estimate of drug-likeness (QED) is 0.533. The van der Waals surface area contributed by atoms with Gasteiger partial charge in [0, 0.05) is 16.6 Å². The van der Waals surface area contributed by atoms with E-state index in [1.54, 1.807) is 19.1 Å². The summed E-state index contributed by atoms with van der Waals surface area (Å²) in [5.41, 5.74) is 2.69. The molecule has 0 aliphatic heterocycles. The second kappa shape index (κ2) is 10.9. The lowest BCUT2D eigenvalue weighted by Gasteiger charge is -2.33. The van der Waals surface area contributed by atoms with Crippen LogP contribution in [0, 0.1) is 13.8 Å². The Morgan fingerprint density at radius 3 is 2.24 bits per heavy atom. The summed E-state index contributed by atoms with van der Waals surface area (Å²) in [5.74, 6) is -0.784. The summed E-state index contributed by atoms with van der Waals surface area (Å²) in [6.07, 6.45) is 1.07. The van der Waals surface area contributed by atoms with Crippen molar-refractivity contribution < 1.29 is 18.0 Å². The van der Waals surface area contributed by atoms with Crippen molar-refractivity contribution in [1.82, 2.24) is 10.2 Å². The van der Waals surface area contributed by atoms with Crippen molar-refractivity contribution in [1.29, 1.82) is 0 Å². The first kappa shape index (κ1) is 27.9. The second-order valence-electron chi connectivity index (χ2n) is 9.60. The van der Waals surface area contributed by atoms with Gasteiger partial charge in [0.25, 0.3) is 0 Å². The standard InChI is InChI=1S/C25H34BrN3O4S/c1-17-11-12-22(13-18(17)2)29(34(7,32)33)16-23(30)28(15-20-9-8-10-21(26)14-20)19(3)24(31)27-25(4,5)6/h8-14,19H,15-16H2,1-7H3,(H,27,31). The first-order valence-electron chi connectivity index (χ1n) is 11.0. The molecule has 0 heterocycles. The number of sulfonamides is 1. The monoisotopic (exact) mass is 551 g/mol. The van der Waals surface area contributed by atoms with Crippen molar-refractivity contribution >= 4 is 43.5 Å². The van der Waals surface area contributed by atoms with Crippen molar-refractivity contribution in [2.75, 3.05) is 17.1 Å².